The van der Waals surface area contributed by atoms with E-state index in [0.717, 1.165) is 35.5 Å². The fourth-order valence-corrected chi connectivity index (χ4v) is 2.40. The molecule has 1 N–H and O–H groups in total. The van der Waals surface area contributed by atoms with Gasteiger partial charge in [0, 0.05) is 24.8 Å². The van der Waals surface area contributed by atoms with Gasteiger partial charge in [0.2, 0.25) is 5.91 Å². The highest BCUT2D eigenvalue weighted by Gasteiger charge is 2.22. The summed E-state index contributed by atoms with van der Waals surface area (Å²) in [5.74, 6) is 0.161. The van der Waals surface area contributed by atoms with Crippen LogP contribution in [0.3, 0.4) is 0 Å². The Morgan fingerprint density at radius 1 is 1.33 bits per heavy atom. The minimum atomic E-state index is 0.0684. The molecule has 0 aliphatic carbocycles. The molecule has 0 atom stereocenters. The van der Waals surface area contributed by atoms with Crippen molar-refractivity contribution < 1.29 is 9.53 Å². The maximum Gasteiger partial charge on any atom is 0.227 e. The number of aromatic nitrogens is 1. The third kappa shape index (κ3) is 2.88. The molecule has 0 saturated carbocycles. The van der Waals surface area contributed by atoms with Gasteiger partial charge in [-0.05, 0) is 45.2 Å². The molecule has 0 bridgehead atoms. The van der Waals surface area contributed by atoms with Gasteiger partial charge in [-0.15, -0.1) is 0 Å². The molecule has 2 rings (SSSR count). The maximum absolute atomic E-state index is 12.2. The predicted octanol–water partition coefficient (Wildman–Crippen LogP) is 2.37. The van der Waals surface area contributed by atoms with Crippen LogP contribution in [0, 0.1) is 26.7 Å². The summed E-state index contributed by atoms with van der Waals surface area (Å²) in [6.07, 6.45) is 1.62. The highest BCUT2D eigenvalue weighted by molar-refractivity contribution is 5.93. The van der Waals surface area contributed by atoms with Crippen molar-refractivity contribution in [2.45, 2.75) is 33.6 Å². The van der Waals surface area contributed by atoms with Gasteiger partial charge in [-0.25, -0.2) is 0 Å². The maximum atomic E-state index is 12.2. The molecule has 98 valence electrons. The molecule has 1 fully saturated rings. The largest absolute Gasteiger partial charge is 0.381 e. The summed E-state index contributed by atoms with van der Waals surface area (Å²) in [6.45, 7) is 7.26. The third-order valence-electron chi connectivity index (χ3n) is 3.37. The summed E-state index contributed by atoms with van der Waals surface area (Å²) in [4.78, 5) is 16.6. The quantitative estimate of drug-likeness (QED) is 0.874. The zero-order valence-electron chi connectivity index (χ0n) is 11.2. The molecular formula is C14H20N2O2. The molecule has 1 saturated heterocycles. The van der Waals surface area contributed by atoms with E-state index in [0.29, 0.717) is 13.2 Å². The van der Waals surface area contributed by atoms with Gasteiger partial charge in [-0.1, -0.05) is 0 Å². The molecule has 0 unspecified atom stereocenters. The van der Waals surface area contributed by atoms with Crippen molar-refractivity contribution >= 4 is 11.6 Å². The number of anilines is 1. The van der Waals surface area contributed by atoms with Crippen LogP contribution in [0.15, 0.2) is 6.07 Å². The van der Waals surface area contributed by atoms with Crippen LogP contribution >= 0.6 is 0 Å². The second-order valence-corrected chi connectivity index (χ2v) is 4.92. The van der Waals surface area contributed by atoms with Gasteiger partial charge in [0.1, 0.15) is 0 Å². The van der Waals surface area contributed by atoms with Gasteiger partial charge in [-0.3, -0.25) is 9.78 Å². The van der Waals surface area contributed by atoms with E-state index in [4.69, 9.17) is 4.74 Å². The number of hydrogen-bond donors (Lipinski definition) is 1. The molecule has 18 heavy (non-hydrogen) atoms. The summed E-state index contributed by atoms with van der Waals surface area (Å²) in [5.41, 5.74) is 3.79. The Labute approximate surface area is 108 Å². The first-order valence-electron chi connectivity index (χ1n) is 6.41. The van der Waals surface area contributed by atoms with Crippen LogP contribution in [0.4, 0.5) is 5.69 Å². The van der Waals surface area contributed by atoms with Crippen molar-refractivity contribution in [3.05, 3.63) is 23.0 Å². The Balaban J connectivity index is 2.11. The molecule has 2 heterocycles. The SMILES string of the molecule is Cc1cc(C)c(NC(=O)C2CCOCC2)c(C)n1. The molecular weight excluding hydrogens is 228 g/mol. The normalized spacial score (nSPS) is 16.6. The summed E-state index contributed by atoms with van der Waals surface area (Å²) >= 11 is 0. The molecule has 4 heteroatoms. The van der Waals surface area contributed by atoms with Gasteiger partial charge < -0.3 is 10.1 Å². The summed E-state index contributed by atoms with van der Waals surface area (Å²) in [7, 11) is 0. The number of ether oxygens (including phenoxy) is 1. The van der Waals surface area contributed by atoms with E-state index in [9.17, 15) is 4.79 Å². The van der Waals surface area contributed by atoms with Gasteiger partial charge >= 0.3 is 0 Å². The first kappa shape index (κ1) is 13.0. The van der Waals surface area contributed by atoms with Crippen LogP contribution in [0.5, 0.6) is 0 Å². The highest BCUT2D eigenvalue weighted by Crippen LogP contribution is 2.22. The number of carbonyl (C=O) groups is 1. The van der Waals surface area contributed by atoms with Crippen molar-refractivity contribution in [1.29, 1.82) is 0 Å². The van der Waals surface area contributed by atoms with Crippen LogP contribution in [0.1, 0.15) is 29.8 Å². The van der Waals surface area contributed by atoms with Crippen LogP contribution in [0.25, 0.3) is 0 Å². The standard InChI is InChI=1S/C14H20N2O2/c1-9-8-10(2)15-11(3)13(9)16-14(17)12-4-6-18-7-5-12/h8,12H,4-7H2,1-3H3,(H,16,17). The van der Waals surface area contributed by atoms with Crippen molar-refractivity contribution in [1.82, 2.24) is 4.98 Å². The topological polar surface area (TPSA) is 51.2 Å². The lowest BCUT2D eigenvalue weighted by atomic mass is 9.99. The first-order valence-corrected chi connectivity index (χ1v) is 6.41. The Morgan fingerprint density at radius 2 is 2.00 bits per heavy atom. The van der Waals surface area contributed by atoms with E-state index >= 15 is 0 Å². The van der Waals surface area contributed by atoms with Crippen LogP contribution in [-0.4, -0.2) is 24.1 Å². The molecule has 4 nitrogen and oxygen atoms in total. The molecule has 1 aliphatic rings. The summed E-state index contributed by atoms with van der Waals surface area (Å²) in [6, 6.07) is 1.99. The van der Waals surface area contributed by atoms with Crippen LogP contribution < -0.4 is 5.32 Å². The van der Waals surface area contributed by atoms with Crippen LogP contribution in [-0.2, 0) is 9.53 Å². The molecule has 1 aromatic heterocycles. The number of aryl methyl sites for hydroxylation is 3. The molecule has 0 radical (unpaired) electrons. The van der Waals surface area contributed by atoms with Crippen molar-refractivity contribution in [3.63, 3.8) is 0 Å². The lowest BCUT2D eigenvalue weighted by Crippen LogP contribution is -2.29. The Morgan fingerprint density at radius 3 is 2.61 bits per heavy atom. The van der Waals surface area contributed by atoms with Crippen molar-refractivity contribution in [2.24, 2.45) is 5.92 Å². The smallest absolute Gasteiger partial charge is 0.227 e. The number of rotatable bonds is 2. The number of pyridine rings is 1. The van der Waals surface area contributed by atoms with Gasteiger partial charge in [0.15, 0.2) is 0 Å². The van der Waals surface area contributed by atoms with Crippen LogP contribution in [0.2, 0.25) is 0 Å². The van der Waals surface area contributed by atoms with E-state index in [1.165, 1.54) is 0 Å². The Bertz CT molecular complexity index is 428. The minimum absolute atomic E-state index is 0.0684. The fourth-order valence-electron chi connectivity index (χ4n) is 2.40. The second-order valence-electron chi connectivity index (χ2n) is 4.92. The molecule has 0 spiro atoms. The van der Waals surface area contributed by atoms with Gasteiger partial charge in [-0.2, -0.15) is 0 Å². The van der Waals surface area contributed by atoms with Crippen molar-refractivity contribution in [3.8, 4) is 0 Å². The average Bonchev–Trinajstić information content (AvgIpc) is 2.34. The van der Waals surface area contributed by atoms with E-state index in [2.05, 4.69) is 10.3 Å². The monoisotopic (exact) mass is 248 g/mol. The molecule has 0 aromatic carbocycles. The molecule has 1 aromatic rings. The van der Waals surface area contributed by atoms with Crippen molar-refractivity contribution in [2.75, 3.05) is 18.5 Å². The van der Waals surface area contributed by atoms with E-state index in [-0.39, 0.29) is 11.8 Å². The molecule has 1 aliphatic heterocycles. The highest BCUT2D eigenvalue weighted by atomic mass is 16.5. The molecule has 1 amide bonds. The number of carbonyl (C=O) groups excluding carboxylic acids is 1. The number of amides is 1. The van der Waals surface area contributed by atoms with Gasteiger partial charge in [0.25, 0.3) is 0 Å². The minimum Gasteiger partial charge on any atom is -0.381 e. The summed E-state index contributed by atoms with van der Waals surface area (Å²) in [5, 5.41) is 3.02. The summed E-state index contributed by atoms with van der Waals surface area (Å²) < 4.78 is 5.27. The second kappa shape index (κ2) is 5.48. The lowest BCUT2D eigenvalue weighted by molar-refractivity contribution is -0.122. The number of hydrogen-bond acceptors (Lipinski definition) is 3. The Kier molecular flexibility index (Phi) is 3.97. The van der Waals surface area contributed by atoms with E-state index in [1.807, 2.05) is 26.8 Å². The zero-order valence-corrected chi connectivity index (χ0v) is 11.2. The fraction of sp³-hybridized carbons (Fsp3) is 0.571. The zero-order chi connectivity index (χ0) is 13.1. The average molecular weight is 248 g/mol. The first-order chi connectivity index (χ1) is 8.58. The third-order valence-corrected chi connectivity index (χ3v) is 3.37. The van der Waals surface area contributed by atoms with E-state index < -0.39 is 0 Å². The van der Waals surface area contributed by atoms with Gasteiger partial charge in [0.05, 0.1) is 11.4 Å². The lowest BCUT2D eigenvalue weighted by Gasteiger charge is -2.22. The number of nitrogens with one attached hydrogen (secondary N) is 1. The van der Waals surface area contributed by atoms with E-state index in [1.54, 1.807) is 0 Å². The number of nitrogens with zero attached hydrogens (tertiary/aromatic N) is 1. The Hall–Kier alpha value is -1.42. The predicted molar refractivity (Wildman–Crippen MR) is 70.6 cm³/mol.